The Kier molecular flexibility index (Phi) is 5.54. The highest BCUT2D eigenvalue weighted by molar-refractivity contribution is 6.01. The third kappa shape index (κ3) is 5.40. The molecule has 0 atom stereocenters. The molecule has 1 rings (SSSR count). The van der Waals surface area contributed by atoms with E-state index in [4.69, 9.17) is 5.11 Å². The summed E-state index contributed by atoms with van der Waals surface area (Å²) in [6.07, 6.45) is 0. The Bertz CT molecular complexity index is 536. The highest BCUT2D eigenvalue weighted by Crippen LogP contribution is 2.14. The van der Waals surface area contributed by atoms with Crippen molar-refractivity contribution in [2.75, 3.05) is 18.5 Å². The van der Waals surface area contributed by atoms with Gasteiger partial charge in [-0.25, -0.2) is 18.4 Å². The minimum Gasteiger partial charge on any atom is -0.480 e. The van der Waals surface area contributed by atoms with Gasteiger partial charge >= 0.3 is 12.0 Å². The molecule has 0 spiro atoms. The number of aliphatic carboxylic acids is 1. The number of hydrogen-bond donors (Lipinski definition) is 3. The Balaban J connectivity index is 2.45. The van der Waals surface area contributed by atoms with Gasteiger partial charge in [-0.3, -0.25) is 10.1 Å². The van der Waals surface area contributed by atoms with Gasteiger partial charge in [0.1, 0.15) is 24.8 Å². The van der Waals surface area contributed by atoms with Crippen LogP contribution in [0.25, 0.3) is 0 Å². The average molecular weight is 288 g/mol. The normalized spacial score (nSPS) is 9.90. The van der Waals surface area contributed by atoms with Crippen molar-refractivity contribution in [2.45, 2.75) is 0 Å². The van der Waals surface area contributed by atoms with Gasteiger partial charge in [-0.2, -0.15) is 0 Å². The summed E-state index contributed by atoms with van der Waals surface area (Å²) in [6, 6.07) is 1.31. The number of nitrogens with one attached hydrogen (secondary N) is 2. The fourth-order valence-corrected chi connectivity index (χ4v) is 1.14. The summed E-state index contributed by atoms with van der Waals surface area (Å²) in [6.45, 7) is -1.36. The molecule has 0 radical (unpaired) electrons. The number of urea groups is 1. The van der Waals surface area contributed by atoms with Crippen LogP contribution < -0.4 is 10.6 Å². The lowest BCUT2D eigenvalue weighted by molar-refractivity contribution is -0.143. The number of imide groups is 1. The van der Waals surface area contributed by atoms with Crippen LogP contribution in [0.5, 0.6) is 0 Å². The van der Waals surface area contributed by atoms with Gasteiger partial charge in [0.25, 0.3) is 5.91 Å². The predicted octanol–water partition coefficient (Wildman–Crippen LogP) is 0.714. The molecule has 9 heteroatoms. The van der Waals surface area contributed by atoms with Crippen LogP contribution in [0, 0.1) is 11.6 Å². The number of halogens is 2. The Morgan fingerprint density at radius 1 is 1.20 bits per heavy atom. The SMILES string of the molecule is O=C(O)COCC(=O)NC(=O)Nc1cc(F)ccc1F. The second kappa shape index (κ2) is 7.14. The summed E-state index contributed by atoms with van der Waals surface area (Å²) < 4.78 is 30.4. The fourth-order valence-electron chi connectivity index (χ4n) is 1.14. The summed E-state index contributed by atoms with van der Waals surface area (Å²) in [4.78, 5) is 32.5. The molecule has 0 saturated carbocycles. The molecule has 0 unspecified atom stereocenters. The molecule has 1 aromatic rings. The lowest BCUT2D eigenvalue weighted by atomic mass is 10.3. The van der Waals surface area contributed by atoms with Crippen molar-refractivity contribution < 1.29 is 33.0 Å². The first-order valence-electron chi connectivity index (χ1n) is 5.24. The first-order valence-corrected chi connectivity index (χ1v) is 5.24. The van der Waals surface area contributed by atoms with E-state index in [2.05, 4.69) is 4.74 Å². The van der Waals surface area contributed by atoms with E-state index in [0.29, 0.717) is 0 Å². The number of carbonyl (C=O) groups excluding carboxylic acids is 2. The zero-order valence-electron chi connectivity index (χ0n) is 9.98. The van der Waals surface area contributed by atoms with Gasteiger partial charge in [0.2, 0.25) is 0 Å². The summed E-state index contributed by atoms with van der Waals surface area (Å²) in [7, 11) is 0. The molecule has 1 aromatic carbocycles. The van der Waals surface area contributed by atoms with Crippen molar-refractivity contribution in [1.82, 2.24) is 5.32 Å². The van der Waals surface area contributed by atoms with E-state index < -0.39 is 48.4 Å². The van der Waals surface area contributed by atoms with Crippen molar-refractivity contribution in [3.63, 3.8) is 0 Å². The largest absolute Gasteiger partial charge is 0.480 e. The zero-order chi connectivity index (χ0) is 15.1. The first-order chi connectivity index (χ1) is 9.38. The van der Waals surface area contributed by atoms with Crippen molar-refractivity contribution in [3.05, 3.63) is 29.8 Å². The highest BCUT2D eigenvalue weighted by atomic mass is 19.1. The van der Waals surface area contributed by atoms with Crippen LogP contribution in [0.15, 0.2) is 18.2 Å². The van der Waals surface area contributed by atoms with Gasteiger partial charge in [0.05, 0.1) is 5.69 Å². The number of amides is 3. The van der Waals surface area contributed by atoms with Gasteiger partial charge in [0, 0.05) is 6.07 Å². The number of carboxylic acid groups (broad SMARTS) is 1. The molecule has 3 N–H and O–H groups in total. The number of ether oxygens (including phenoxy) is 1. The third-order valence-electron chi connectivity index (χ3n) is 1.89. The Morgan fingerprint density at radius 3 is 2.55 bits per heavy atom. The minimum absolute atomic E-state index is 0.443. The molecule has 0 saturated heterocycles. The first kappa shape index (κ1) is 15.5. The van der Waals surface area contributed by atoms with Crippen LogP contribution >= 0.6 is 0 Å². The van der Waals surface area contributed by atoms with Gasteiger partial charge in [-0.15, -0.1) is 0 Å². The van der Waals surface area contributed by atoms with Gasteiger partial charge in [-0.1, -0.05) is 0 Å². The van der Waals surface area contributed by atoms with Crippen molar-refractivity contribution in [1.29, 1.82) is 0 Å². The predicted molar refractivity (Wildman–Crippen MR) is 62.0 cm³/mol. The van der Waals surface area contributed by atoms with E-state index in [1.807, 2.05) is 5.32 Å². The molecule has 0 aliphatic rings. The van der Waals surface area contributed by atoms with E-state index in [0.717, 1.165) is 18.2 Å². The van der Waals surface area contributed by atoms with Crippen molar-refractivity contribution in [3.8, 4) is 0 Å². The number of hydrogen-bond acceptors (Lipinski definition) is 4. The van der Waals surface area contributed by atoms with Gasteiger partial charge < -0.3 is 15.2 Å². The molecule has 0 aliphatic carbocycles. The fraction of sp³-hybridized carbons (Fsp3) is 0.182. The summed E-state index contributed by atoms with van der Waals surface area (Å²) in [5, 5.41) is 11.9. The molecular formula is C11H10F2N2O5. The Hall–Kier alpha value is -2.55. The number of anilines is 1. The second-order valence-electron chi connectivity index (χ2n) is 3.51. The van der Waals surface area contributed by atoms with Crippen LogP contribution in [-0.2, 0) is 14.3 Å². The number of rotatable bonds is 5. The van der Waals surface area contributed by atoms with E-state index in [-0.39, 0.29) is 0 Å². The molecule has 108 valence electrons. The minimum atomic E-state index is -1.27. The number of benzene rings is 1. The van der Waals surface area contributed by atoms with E-state index >= 15 is 0 Å². The molecule has 0 bridgehead atoms. The monoisotopic (exact) mass is 288 g/mol. The summed E-state index contributed by atoms with van der Waals surface area (Å²) in [5.74, 6) is -3.85. The molecule has 3 amide bonds. The molecular weight excluding hydrogens is 278 g/mol. The van der Waals surface area contributed by atoms with E-state index in [9.17, 15) is 23.2 Å². The molecule has 0 aromatic heterocycles. The Labute approximate surface area is 111 Å². The van der Waals surface area contributed by atoms with Gasteiger partial charge in [-0.05, 0) is 12.1 Å². The smallest absolute Gasteiger partial charge is 0.329 e. The summed E-state index contributed by atoms with van der Waals surface area (Å²) in [5.41, 5.74) is -0.443. The van der Waals surface area contributed by atoms with E-state index in [1.54, 1.807) is 5.32 Å². The quantitative estimate of drug-likeness (QED) is 0.740. The topological polar surface area (TPSA) is 105 Å². The molecule has 0 aliphatic heterocycles. The van der Waals surface area contributed by atoms with Crippen LogP contribution in [0.4, 0.5) is 19.3 Å². The molecule has 7 nitrogen and oxygen atoms in total. The van der Waals surface area contributed by atoms with Crippen LogP contribution in [0.1, 0.15) is 0 Å². The molecule has 20 heavy (non-hydrogen) atoms. The standard InChI is InChI=1S/C11H10F2N2O5/c12-6-1-2-7(13)8(3-6)14-11(19)15-9(16)4-20-5-10(17)18/h1-3H,4-5H2,(H,17,18)(H2,14,15,16,19). The summed E-state index contributed by atoms with van der Waals surface area (Å²) >= 11 is 0. The van der Waals surface area contributed by atoms with Crippen LogP contribution in [0.3, 0.4) is 0 Å². The maximum atomic E-state index is 13.2. The van der Waals surface area contributed by atoms with Crippen molar-refractivity contribution >= 4 is 23.6 Å². The van der Waals surface area contributed by atoms with Gasteiger partial charge in [0.15, 0.2) is 0 Å². The lowest BCUT2D eigenvalue weighted by Crippen LogP contribution is -2.37. The number of carboxylic acids is 1. The lowest BCUT2D eigenvalue weighted by Gasteiger charge is -2.07. The Morgan fingerprint density at radius 2 is 1.90 bits per heavy atom. The van der Waals surface area contributed by atoms with Crippen LogP contribution in [0.2, 0.25) is 0 Å². The molecule has 0 fully saturated rings. The van der Waals surface area contributed by atoms with Crippen LogP contribution in [-0.4, -0.2) is 36.2 Å². The second-order valence-corrected chi connectivity index (χ2v) is 3.51. The molecule has 0 heterocycles. The zero-order valence-corrected chi connectivity index (χ0v) is 9.98. The highest BCUT2D eigenvalue weighted by Gasteiger charge is 2.11. The van der Waals surface area contributed by atoms with E-state index in [1.165, 1.54) is 0 Å². The average Bonchev–Trinajstić information content (AvgIpc) is 2.33. The number of carbonyl (C=O) groups is 3. The maximum absolute atomic E-state index is 13.2. The van der Waals surface area contributed by atoms with Crippen molar-refractivity contribution in [2.24, 2.45) is 0 Å². The third-order valence-corrected chi connectivity index (χ3v) is 1.89. The maximum Gasteiger partial charge on any atom is 0.329 e.